The number of nitrogens with zero attached hydrogens (tertiary/aromatic N) is 3. The van der Waals surface area contributed by atoms with Crippen molar-refractivity contribution in [2.75, 3.05) is 18.5 Å². The Balaban J connectivity index is 2.04. The number of hydrogen-bond donors (Lipinski definition) is 1. The van der Waals surface area contributed by atoms with Gasteiger partial charge in [0.25, 0.3) is 0 Å². The molecule has 0 fully saturated rings. The minimum absolute atomic E-state index is 0.260. The number of nitrogens with one attached hydrogen (secondary N) is 1. The molecule has 2 aromatic rings. The molecule has 1 aromatic carbocycles. The molecule has 0 aliphatic heterocycles. The van der Waals surface area contributed by atoms with Gasteiger partial charge in [0.1, 0.15) is 5.01 Å². The molecule has 0 aliphatic rings. The van der Waals surface area contributed by atoms with Crippen molar-refractivity contribution >= 4 is 29.0 Å². The van der Waals surface area contributed by atoms with Gasteiger partial charge in [-0.1, -0.05) is 6.92 Å². The normalized spacial score (nSPS) is 10.0. The van der Waals surface area contributed by atoms with E-state index in [0.717, 1.165) is 6.42 Å². The van der Waals surface area contributed by atoms with E-state index in [0.29, 0.717) is 36.0 Å². The Morgan fingerprint density at radius 3 is 2.65 bits per heavy atom. The number of amides is 2. The number of rotatable bonds is 7. The van der Waals surface area contributed by atoms with Crippen LogP contribution in [0.4, 0.5) is 10.5 Å². The summed E-state index contributed by atoms with van der Waals surface area (Å²) in [6, 6.07) is 8.43. The number of anilines is 1. The number of thiazole rings is 1. The van der Waals surface area contributed by atoms with Crippen LogP contribution in [-0.2, 0) is 11.3 Å². The molecule has 0 saturated carbocycles. The summed E-state index contributed by atoms with van der Waals surface area (Å²) in [7, 11) is 0. The van der Waals surface area contributed by atoms with Crippen LogP contribution >= 0.6 is 11.3 Å². The second-order valence-electron chi connectivity index (χ2n) is 5.39. The van der Waals surface area contributed by atoms with E-state index in [1.807, 2.05) is 13.0 Å². The van der Waals surface area contributed by atoms with Gasteiger partial charge in [-0.05, 0) is 37.6 Å². The number of hydrogen-bond acceptors (Lipinski definition) is 6. The largest absolute Gasteiger partial charge is 0.461 e. The van der Waals surface area contributed by atoms with Gasteiger partial charge in [0.2, 0.25) is 0 Å². The molecule has 0 spiro atoms. The number of nitriles is 1. The molecule has 8 heteroatoms. The summed E-state index contributed by atoms with van der Waals surface area (Å²) in [4.78, 5) is 30.1. The molecule has 1 aromatic heterocycles. The zero-order chi connectivity index (χ0) is 18.9. The Bertz CT molecular complexity index is 796. The average molecular weight is 372 g/mol. The van der Waals surface area contributed by atoms with E-state index in [1.54, 1.807) is 41.5 Å². The Kier molecular flexibility index (Phi) is 7.12. The zero-order valence-electron chi connectivity index (χ0n) is 14.7. The van der Waals surface area contributed by atoms with E-state index < -0.39 is 5.97 Å². The molecule has 26 heavy (non-hydrogen) atoms. The van der Waals surface area contributed by atoms with Crippen molar-refractivity contribution < 1.29 is 14.3 Å². The molecule has 7 nitrogen and oxygen atoms in total. The molecule has 0 bridgehead atoms. The minimum atomic E-state index is -0.459. The maximum absolute atomic E-state index is 12.5. The number of aromatic nitrogens is 1. The summed E-state index contributed by atoms with van der Waals surface area (Å²) < 4.78 is 4.93. The van der Waals surface area contributed by atoms with Crippen molar-refractivity contribution in [3.8, 4) is 6.07 Å². The summed E-state index contributed by atoms with van der Waals surface area (Å²) in [6.45, 7) is 4.87. The van der Waals surface area contributed by atoms with Crippen LogP contribution in [0, 0.1) is 11.3 Å². The third-order valence-electron chi connectivity index (χ3n) is 3.41. The van der Waals surface area contributed by atoms with Crippen LogP contribution in [0.25, 0.3) is 0 Å². The van der Waals surface area contributed by atoms with Crippen LogP contribution in [-0.4, -0.2) is 35.0 Å². The number of urea groups is 1. The van der Waals surface area contributed by atoms with Gasteiger partial charge in [0.15, 0.2) is 5.69 Å². The number of esters is 1. The van der Waals surface area contributed by atoms with Gasteiger partial charge >= 0.3 is 12.0 Å². The van der Waals surface area contributed by atoms with Crippen molar-refractivity contribution in [2.24, 2.45) is 0 Å². The highest BCUT2D eigenvalue weighted by Gasteiger charge is 2.17. The first-order valence-corrected chi connectivity index (χ1v) is 9.13. The molecule has 0 saturated heterocycles. The quantitative estimate of drug-likeness (QED) is 0.749. The standard InChI is InChI=1S/C18H20N4O3S/c1-3-9-22(11-16-21-15(12-26-16)17(23)25-4-2)18(24)20-14-7-5-13(10-19)6-8-14/h5-8,12H,3-4,9,11H2,1-2H3,(H,20,24). The first-order chi connectivity index (χ1) is 12.6. The maximum atomic E-state index is 12.5. The molecular formula is C18H20N4O3S. The average Bonchev–Trinajstić information content (AvgIpc) is 3.11. The number of carbonyl (C=O) groups excluding carboxylic acids is 2. The topological polar surface area (TPSA) is 95.3 Å². The lowest BCUT2D eigenvalue weighted by Crippen LogP contribution is -2.35. The van der Waals surface area contributed by atoms with E-state index in [2.05, 4.69) is 10.3 Å². The predicted molar refractivity (Wildman–Crippen MR) is 98.9 cm³/mol. The van der Waals surface area contributed by atoms with Crippen LogP contribution in [0.5, 0.6) is 0 Å². The van der Waals surface area contributed by atoms with Crippen LogP contribution in [0.3, 0.4) is 0 Å². The van der Waals surface area contributed by atoms with Crippen molar-refractivity contribution in [1.82, 2.24) is 9.88 Å². The maximum Gasteiger partial charge on any atom is 0.357 e. The van der Waals surface area contributed by atoms with Gasteiger partial charge in [-0.3, -0.25) is 0 Å². The molecule has 136 valence electrons. The van der Waals surface area contributed by atoms with E-state index in [-0.39, 0.29) is 11.7 Å². The van der Waals surface area contributed by atoms with E-state index in [4.69, 9.17) is 10.00 Å². The lowest BCUT2D eigenvalue weighted by atomic mass is 10.2. The number of carbonyl (C=O) groups is 2. The lowest BCUT2D eigenvalue weighted by molar-refractivity contribution is 0.0520. The Labute approximate surface area is 156 Å². The van der Waals surface area contributed by atoms with Crippen LogP contribution in [0.1, 0.15) is 41.3 Å². The first-order valence-electron chi connectivity index (χ1n) is 8.25. The fourth-order valence-electron chi connectivity index (χ4n) is 2.20. The smallest absolute Gasteiger partial charge is 0.357 e. The lowest BCUT2D eigenvalue weighted by Gasteiger charge is -2.21. The molecule has 2 rings (SSSR count). The van der Waals surface area contributed by atoms with Gasteiger partial charge in [-0.25, -0.2) is 14.6 Å². The van der Waals surface area contributed by atoms with Crippen LogP contribution < -0.4 is 5.32 Å². The fraction of sp³-hybridized carbons (Fsp3) is 0.333. The Morgan fingerprint density at radius 1 is 1.31 bits per heavy atom. The summed E-state index contributed by atoms with van der Waals surface area (Å²) in [5.41, 5.74) is 1.40. The summed E-state index contributed by atoms with van der Waals surface area (Å²) in [5, 5.41) is 13.9. The second-order valence-corrected chi connectivity index (χ2v) is 6.33. The van der Waals surface area contributed by atoms with Crippen molar-refractivity contribution in [2.45, 2.75) is 26.8 Å². The van der Waals surface area contributed by atoms with Crippen LogP contribution in [0.15, 0.2) is 29.6 Å². The first kappa shape index (κ1) is 19.4. The van der Waals surface area contributed by atoms with Gasteiger partial charge in [-0.15, -0.1) is 11.3 Å². The molecule has 0 unspecified atom stereocenters. The molecule has 2 amide bonds. The number of ether oxygens (including phenoxy) is 1. The highest BCUT2D eigenvalue weighted by molar-refractivity contribution is 7.09. The van der Waals surface area contributed by atoms with E-state index in [1.165, 1.54) is 11.3 Å². The zero-order valence-corrected chi connectivity index (χ0v) is 15.5. The highest BCUT2D eigenvalue weighted by Crippen LogP contribution is 2.16. The van der Waals surface area contributed by atoms with Crippen molar-refractivity contribution in [3.63, 3.8) is 0 Å². The van der Waals surface area contributed by atoms with Gasteiger partial charge in [0.05, 0.1) is 24.8 Å². The SMILES string of the molecule is CCCN(Cc1nc(C(=O)OCC)cs1)C(=O)Nc1ccc(C#N)cc1. The third-order valence-corrected chi connectivity index (χ3v) is 4.24. The second kappa shape index (κ2) is 9.53. The highest BCUT2D eigenvalue weighted by atomic mass is 32.1. The van der Waals surface area contributed by atoms with E-state index >= 15 is 0 Å². The summed E-state index contributed by atoms with van der Waals surface area (Å²) in [6.07, 6.45) is 0.789. The Morgan fingerprint density at radius 2 is 2.04 bits per heavy atom. The van der Waals surface area contributed by atoms with Crippen molar-refractivity contribution in [3.05, 3.63) is 45.9 Å². The summed E-state index contributed by atoms with van der Waals surface area (Å²) in [5.74, 6) is -0.459. The van der Waals surface area contributed by atoms with Crippen molar-refractivity contribution in [1.29, 1.82) is 5.26 Å². The number of benzene rings is 1. The van der Waals surface area contributed by atoms with Gasteiger partial charge in [-0.2, -0.15) is 5.26 Å². The summed E-state index contributed by atoms with van der Waals surface area (Å²) >= 11 is 1.32. The minimum Gasteiger partial charge on any atom is -0.461 e. The molecule has 1 heterocycles. The van der Waals surface area contributed by atoms with Crippen LogP contribution in [0.2, 0.25) is 0 Å². The molecule has 0 atom stereocenters. The molecular weight excluding hydrogens is 352 g/mol. The molecule has 1 N–H and O–H groups in total. The monoisotopic (exact) mass is 372 g/mol. The van der Waals surface area contributed by atoms with Gasteiger partial charge in [0, 0.05) is 17.6 Å². The molecule has 0 radical (unpaired) electrons. The fourth-order valence-corrected chi connectivity index (χ4v) is 2.98. The van der Waals surface area contributed by atoms with E-state index in [9.17, 15) is 9.59 Å². The van der Waals surface area contributed by atoms with Gasteiger partial charge < -0.3 is 15.0 Å². The Hall–Kier alpha value is -2.92. The third kappa shape index (κ3) is 5.29. The predicted octanol–water partition coefficient (Wildman–Crippen LogP) is 3.64. The molecule has 0 aliphatic carbocycles.